The molecule has 0 saturated carbocycles. The summed E-state index contributed by atoms with van der Waals surface area (Å²) in [6.07, 6.45) is 0. The summed E-state index contributed by atoms with van der Waals surface area (Å²) in [4.78, 5) is 0.664. The highest BCUT2D eigenvalue weighted by Gasteiger charge is 2.19. The highest BCUT2D eigenvalue weighted by atomic mass is 35.5. The SMILES string of the molecule is COc1cc(OC)c(-c2nn3c(-c4cccc(Cl)c4)nnc3s2)cc1OC. The summed E-state index contributed by atoms with van der Waals surface area (Å²) < 4.78 is 18.0. The summed E-state index contributed by atoms with van der Waals surface area (Å²) in [6.45, 7) is 0. The molecule has 0 aliphatic carbocycles. The molecule has 2 heterocycles. The number of aromatic nitrogens is 4. The van der Waals surface area contributed by atoms with Gasteiger partial charge in [0.05, 0.1) is 26.9 Å². The first-order valence-corrected chi connectivity index (χ1v) is 9.12. The van der Waals surface area contributed by atoms with Gasteiger partial charge in [-0.1, -0.05) is 35.1 Å². The predicted molar refractivity (Wildman–Crippen MR) is 104 cm³/mol. The van der Waals surface area contributed by atoms with E-state index in [-0.39, 0.29) is 0 Å². The van der Waals surface area contributed by atoms with E-state index < -0.39 is 0 Å². The third-order valence-corrected chi connectivity index (χ3v) is 5.18. The lowest BCUT2D eigenvalue weighted by molar-refractivity contribution is 0.349. The van der Waals surface area contributed by atoms with Gasteiger partial charge in [0.15, 0.2) is 22.3 Å². The molecular formula is C18H15ClN4O3S. The van der Waals surface area contributed by atoms with Crippen LogP contribution in [0.3, 0.4) is 0 Å². The van der Waals surface area contributed by atoms with Gasteiger partial charge in [-0.05, 0) is 18.2 Å². The molecule has 2 aromatic heterocycles. The molecule has 0 aliphatic rings. The Morgan fingerprint density at radius 1 is 0.926 bits per heavy atom. The molecule has 138 valence electrons. The summed E-state index contributed by atoms with van der Waals surface area (Å²) in [5.74, 6) is 2.42. The van der Waals surface area contributed by atoms with Crippen molar-refractivity contribution in [3.05, 3.63) is 41.4 Å². The van der Waals surface area contributed by atoms with Gasteiger partial charge in [0.1, 0.15) is 5.75 Å². The van der Waals surface area contributed by atoms with Crippen LogP contribution in [0.25, 0.3) is 26.9 Å². The number of hydrogen-bond acceptors (Lipinski definition) is 7. The first-order chi connectivity index (χ1) is 13.1. The Morgan fingerprint density at radius 3 is 2.37 bits per heavy atom. The van der Waals surface area contributed by atoms with Gasteiger partial charge in [-0.25, -0.2) is 0 Å². The van der Waals surface area contributed by atoms with E-state index in [9.17, 15) is 0 Å². The van der Waals surface area contributed by atoms with Crippen LogP contribution in [0.15, 0.2) is 36.4 Å². The molecule has 0 spiro atoms. The normalized spacial score (nSPS) is 11.0. The molecule has 0 saturated heterocycles. The third kappa shape index (κ3) is 3.07. The Labute approximate surface area is 164 Å². The van der Waals surface area contributed by atoms with E-state index >= 15 is 0 Å². The number of rotatable bonds is 5. The second-order valence-electron chi connectivity index (χ2n) is 5.54. The Bertz CT molecular complexity index is 1130. The van der Waals surface area contributed by atoms with Gasteiger partial charge in [-0.15, -0.1) is 10.2 Å². The monoisotopic (exact) mass is 402 g/mol. The van der Waals surface area contributed by atoms with Crippen molar-refractivity contribution in [2.75, 3.05) is 21.3 Å². The van der Waals surface area contributed by atoms with E-state index in [0.717, 1.165) is 16.1 Å². The summed E-state index contributed by atoms with van der Waals surface area (Å²) in [5, 5.41) is 14.5. The molecule has 0 radical (unpaired) electrons. The zero-order valence-corrected chi connectivity index (χ0v) is 16.3. The van der Waals surface area contributed by atoms with Crippen LogP contribution in [0.5, 0.6) is 17.2 Å². The van der Waals surface area contributed by atoms with Crippen LogP contribution in [0.4, 0.5) is 0 Å². The van der Waals surface area contributed by atoms with Gasteiger partial charge >= 0.3 is 0 Å². The lowest BCUT2D eigenvalue weighted by atomic mass is 10.2. The van der Waals surface area contributed by atoms with E-state index in [4.69, 9.17) is 25.8 Å². The molecule has 4 rings (SSSR count). The Morgan fingerprint density at radius 2 is 1.67 bits per heavy atom. The molecule has 7 nitrogen and oxygen atoms in total. The number of nitrogens with zero attached hydrogens (tertiary/aromatic N) is 4. The van der Waals surface area contributed by atoms with Crippen LogP contribution in [-0.2, 0) is 0 Å². The zero-order valence-electron chi connectivity index (χ0n) is 14.8. The summed E-state index contributed by atoms with van der Waals surface area (Å²) in [5.41, 5.74) is 1.62. The zero-order chi connectivity index (χ0) is 19.0. The van der Waals surface area contributed by atoms with Crippen LogP contribution in [0, 0.1) is 0 Å². The Hall–Kier alpha value is -2.84. The molecule has 27 heavy (non-hydrogen) atoms. The minimum absolute atomic E-state index is 0.584. The molecule has 0 N–H and O–H groups in total. The number of halogens is 1. The first-order valence-electron chi connectivity index (χ1n) is 7.93. The van der Waals surface area contributed by atoms with Gasteiger partial charge in [-0.2, -0.15) is 9.61 Å². The fourth-order valence-corrected chi connectivity index (χ4v) is 3.78. The van der Waals surface area contributed by atoms with Crippen molar-refractivity contribution in [3.63, 3.8) is 0 Å². The molecule has 0 amide bonds. The van der Waals surface area contributed by atoms with Crippen molar-refractivity contribution in [2.45, 2.75) is 0 Å². The number of fused-ring (bicyclic) bond motifs is 1. The van der Waals surface area contributed by atoms with E-state index in [2.05, 4.69) is 15.3 Å². The molecule has 0 unspecified atom stereocenters. The fourth-order valence-electron chi connectivity index (χ4n) is 2.73. The average Bonchev–Trinajstić information content (AvgIpc) is 3.27. The first kappa shape index (κ1) is 17.6. The lowest BCUT2D eigenvalue weighted by Gasteiger charge is -2.12. The second-order valence-corrected chi connectivity index (χ2v) is 6.94. The topological polar surface area (TPSA) is 70.8 Å². The highest BCUT2D eigenvalue weighted by Crippen LogP contribution is 2.41. The van der Waals surface area contributed by atoms with Crippen molar-refractivity contribution in [1.29, 1.82) is 0 Å². The Kier molecular flexibility index (Phi) is 4.59. The van der Waals surface area contributed by atoms with Crippen LogP contribution >= 0.6 is 22.9 Å². The summed E-state index contributed by atoms with van der Waals surface area (Å²) in [7, 11) is 4.77. The van der Waals surface area contributed by atoms with Gasteiger partial charge < -0.3 is 14.2 Å². The molecule has 0 bridgehead atoms. The quantitative estimate of drug-likeness (QED) is 0.498. The van der Waals surface area contributed by atoms with Gasteiger partial charge in [0.25, 0.3) is 0 Å². The number of hydrogen-bond donors (Lipinski definition) is 0. The van der Waals surface area contributed by atoms with Crippen molar-refractivity contribution in [2.24, 2.45) is 0 Å². The standard InChI is InChI=1S/C18H15ClN4O3S/c1-24-13-9-15(26-3)14(25-2)8-12(13)17-22-23-16(20-21-18(23)27-17)10-5-4-6-11(19)7-10/h4-9H,1-3H3. The fraction of sp³-hybridized carbons (Fsp3) is 0.167. The van der Waals surface area contributed by atoms with Crippen molar-refractivity contribution >= 4 is 27.9 Å². The Balaban J connectivity index is 1.86. The molecule has 0 fully saturated rings. The van der Waals surface area contributed by atoms with Gasteiger partial charge in [0, 0.05) is 16.7 Å². The maximum absolute atomic E-state index is 6.10. The van der Waals surface area contributed by atoms with E-state index in [0.29, 0.717) is 33.1 Å². The van der Waals surface area contributed by atoms with Crippen molar-refractivity contribution in [3.8, 4) is 39.2 Å². The van der Waals surface area contributed by atoms with Crippen LogP contribution < -0.4 is 14.2 Å². The molecule has 0 atom stereocenters. The molecule has 4 aromatic rings. The molecular weight excluding hydrogens is 388 g/mol. The molecule has 9 heteroatoms. The maximum Gasteiger partial charge on any atom is 0.235 e. The summed E-state index contributed by atoms with van der Waals surface area (Å²) in [6, 6.07) is 11.0. The summed E-state index contributed by atoms with van der Waals surface area (Å²) >= 11 is 7.50. The van der Waals surface area contributed by atoms with E-state index in [1.54, 1.807) is 31.9 Å². The maximum atomic E-state index is 6.10. The predicted octanol–water partition coefficient (Wildman–Crippen LogP) is 4.20. The van der Waals surface area contributed by atoms with Crippen LogP contribution in [0.1, 0.15) is 0 Å². The van der Waals surface area contributed by atoms with Crippen LogP contribution in [0.2, 0.25) is 5.02 Å². The van der Waals surface area contributed by atoms with Gasteiger partial charge in [-0.3, -0.25) is 0 Å². The molecule has 0 aliphatic heterocycles. The largest absolute Gasteiger partial charge is 0.496 e. The average molecular weight is 403 g/mol. The lowest BCUT2D eigenvalue weighted by Crippen LogP contribution is -1.96. The second kappa shape index (κ2) is 7.05. The minimum atomic E-state index is 0.584. The highest BCUT2D eigenvalue weighted by molar-refractivity contribution is 7.19. The smallest absolute Gasteiger partial charge is 0.235 e. The number of methoxy groups -OCH3 is 3. The van der Waals surface area contributed by atoms with Crippen molar-refractivity contribution in [1.82, 2.24) is 19.8 Å². The van der Waals surface area contributed by atoms with E-state index in [1.165, 1.54) is 11.3 Å². The van der Waals surface area contributed by atoms with E-state index in [1.807, 2.05) is 30.3 Å². The van der Waals surface area contributed by atoms with Crippen LogP contribution in [-0.4, -0.2) is 41.1 Å². The molecule has 2 aromatic carbocycles. The van der Waals surface area contributed by atoms with Gasteiger partial charge in [0.2, 0.25) is 4.96 Å². The third-order valence-electron chi connectivity index (χ3n) is 4.01. The number of ether oxygens (including phenoxy) is 3. The minimum Gasteiger partial charge on any atom is -0.496 e. The number of benzene rings is 2. The van der Waals surface area contributed by atoms with Crippen molar-refractivity contribution < 1.29 is 14.2 Å².